The average molecular weight is 463 g/mol. The molecule has 0 saturated heterocycles. The maximum atomic E-state index is 13.6. The Labute approximate surface area is 201 Å². The van der Waals surface area contributed by atoms with E-state index in [9.17, 15) is 14.9 Å². The standard InChI is InChI=1S/C28H18N2O3S/c1-16-7-13-19(14-8-16)34-28-22(15-29)23-20-5-3-4-6-21(20)27(32)24(23)25(30-28)26(31)17-9-11-18(33-2)12-10-17/h3-14H,1-2H3. The Balaban J connectivity index is 1.74. The fourth-order valence-electron chi connectivity index (χ4n) is 4.03. The predicted octanol–water partition coefficient (Wildman–Crippen LogP) is 5.86. The Morgan fingerprint density at radius 3 is 2.26 bits per heavy atom. The van der Waals surface area contributed by atoms with E-state index in [4.69, 9.17) is 4.74 Å². The summed E-state index contributed by atoms with van der Waals surface area (Å²) in [5.74, 6) is -0.0534. The number of pyridine rings is 1. The maximum absolute atomic E-state index is 13.6. The van der Waals surface area contributed by atoms with Crippen LogP contribution in [0.1, 0.15) is 43.1 Å². The summed E-state index contributed by atoms with van der Waals surface area (Å²) in [6.45, 7) is 2.00. The molecule has 0 saturated carbocycles. The second-order valence-corrected chi connectivity index (χ2v) is 8.91. The largest absolute Gasteiger partial charge is 0.497 e. The van der Waals surface area contributed by atoms with Crippen molar-refractivity contribution in [2.75, 3.05) is 7.11 Å². The SMILES string of the molecule is COc1ccc(C(=O)c2nc(Sc3ccc(C)cc3)c(C#N)c3c2C(=O)c2ccccc2-3)cc1. The second kappa shape index (κ2) is 8.62. The van der Waals surface area contributed by atoms with E-state index in [0.29, 0.717) is 38.6 Å². The molecule has 0 radical (unpaired) electrons. The third kappa shape index (κ3) is 3.57. The van der Waals surface area contributed by atoms with E-state index in [0.717, 1.165) is 10.5 Å². The van der Waals surface area contributed by atoms with Gasteiger partial charge in [-0.05, 0) is 48.9 Å². The van der Waals surface area contributed by atoms with Gasteiger partial charge >= 0.3 is 0 Å². The number of rotatable bonds is 5. The van der Waals surface area contributed by atoms with Crippen molar-refractivity contribution < 1.29 is 14.3 Å². The summed E-state index contributed by atoms with van der Waals surface area (Å²) in [5.41, 5.74) is 3.63. The molecule has 0 spiro atoms. The summed E-state index contributed by atoms with van der Waals surface area (Å²) >= 11 is 1.31. The molecule has 0 amide bonds. The monoisotopic (exact) mass is 462 g/mol. The number of nitrogens with zero attached hydrogens (tertiary/aromatic N) is 2. The number of fused-ring (bicyclic) bond motifs is 3. The molecule has 1 aliphatic rings. The Bertz CT molecular complexity index is 1500. The van der Waals surface area contributed by atoms with E-state index >= 15 is 0 Å². The third-order valence-corrected chi connectivity index (χ3v) is 6.74. The quantitative estimate of drug-likeness (QED) is 0.304. The van der Waals surface area contributed by atoms with Gasteiger partial charge in [0.2, 0.25) is 5.78 Å². The molecule has 0 unspecified atom stereocenters. The molecule has 4 aromatic rings. The molecule has 5 nitrogen and oxygen atoms in total. The fraction of sp³-hybridized carbons (Fsp3) is 0.0714. The van der Waals surface area contributed by atoms with Crippen LogP contribution in [0.5, 0.6) is 5.75 Å². The molecular weight excluding hydrogens is 444 g/mol. The zero-order chi connectivity index (χ0) is 23.8. The highest BCUT2D eigenvalue weighted by Crippen LogP contribution is 2.44. The first-order valence-corrected chi connectivity index (χ1v) is 11.4. The van der Waals surface area contributed by atoms with Crippen LogP contribution < -0.4 is 4.74 Å². The van der Waals surface area contributed by atoms with E-state index < -0.39 is 0 Å². The first kappa shape index (κ1) is 21.6. The van der Waals surface area contributed by atoms with Gasteiger partial charge in [-0.25, -0.2) is 4.98 Å². The van der Waals surface area contributed by atoms with E-state index in [1.54, 1.807) is 43.5 Å². The summed E-state index contributed by atoms with van der Waals surface area (Å²) in [5, 5.41) is 10.5. The number of nitriles is 1. The van der Waals surface area contributed by atoms with E-state index in [-0.39, 0.29) is 22.8 Å². The highest BCUT2D eigenvalue weighted by molar-refractivity contribution is 7.99. The van der Waals surface area contributed by atoms with Crippen LogP contribution in [0.4, 0.5) is 0 Å². The van der Waals surface area contributed by atoms with Gasteiger partial charge < -0.3 is 4.74 Å². The molecule has 0 N–H and O–H groups in total. The lowest BCUT2D eigenvalue weighted by atomic mass is 9.97. The van der Waals surface area contributed by atoms with E-state index in [1.807, 2.05) is 43.3 Å². The molecule has 164 valence electrons. The highest BCUT2D eigenvalue weighted by atomic mass is 32.2. The molecule has 5 rings (SSSR count). The number of ketones is 2. The molecule has 3 aromatic carbocycles. The minimum Gasteiger partial charge on any atom is -0.497 e. The number of hydrogen-bond acceptors (Lipinski definition) is 6. The minimum absolute atomic E-state index is 0.0509. The molecule has 1 aliphatic carbocycles. The summed E-state index contributed by atoms with van der Waals surface area (Å²) in [4.78, 5) is 32.5. The molecule has 0 aliphatic heterocycles. The van der Waals surface area contributed by atoms with Crippen molar-refractivity contribution in [1.29, 1.82) is 5.26 Å². The van der Waals surface area contributed by atoms with E-state index in [2.05, 4.69) is 11.1 Å². The molecule has 34 heavy (non-hydrogen) atoms. The number of carbonyl (C=O) groups is 2. The van der Waals surface area contributed by atoms with Crippen LogP contribution in [-0.2, 0) is 0 Å². The number of ether oxygens (including phenoxy) is 1. The number of aryl methyl sites for hydroxylation is 1. The zero-order valence-corrected chi connectivity index (χ0v) is 19.3. The molecule has 1 heterocycles. The number of benzene rings is 3. The number of hydrogen-bond donors (Lipinski definition) is 0. The minimum atomic E-state index is -0.379. The molecule has 0 atom stereocenters. The summed E-state index contributed by atoms with van der Waals surface area (Å²) in [6.07, 6.45) is 0. The normalized spacial score (nSPS) is 11.5. The summed E-state index contributed by atoms with van der Waals surface area (Å²) in [7, 11) is 1.55. The smallest absolute Gasteiger partial charge is 0.212 e. The highest BCUT2D eigenvalue weighted by Gasteiger charge is 2.36. The van der Waals surface area contributed by atoms with Crippen molar-refractivity contribution in [3.8, 4) is 22.9 Å². The van der Waals surface area contributed by atoms with Crippen molar-refractivity contribution in [3.05, 3.63) is 106 Å². The fourth-order valence-corrected chi connectivity index (χ4v) is 4.91. The molecule has 1 aromatic heterocycles. The molecule has 6 heteroatoms. The van der Waals surface area contributed by atoms with Crippen LogP contribution >= 0.6 is 11.8 Å². The van der Waals surface area contributed by atoms with Crippen LogP contribution in [0.25, 0.3) is 11.1 Å². The Morgan fingerprint density at radius 1 is 0.941 bits per heavy atom. The molecular formula is C28H18N2O3S. The number of methoxy groups -OCH3 is 1. The Kier molecular flexibility index (Phi) is 5.48. The van der Waals surface area contributed by atoms with Gasteiger partial charge in [0.05, 0.1) is 18.2 Å². The summed E-state index contributed by atoms with van der Waals surface area (Å²) in [6, 6.07) is 23.9. The Morgan fingerprint density at radius 2 is 1.62 bits per heavy atom. The van der Waals surface area contributed by atoms with Crippen LogP contribution in [0, 0.1) is 18.3 Å². The van der Waals surface area contributed by atoms with Crippen LogP contribution in [-0.4, -0.2) is 23.7 Å². The van der Waals surface area contributed by atoms with Crippen molar-refractivity contribution in [3.63, 3.8) is 0 Å². The molecule has 0 bridgehead atoms. The van der Waals surface area contributed by atoms with Crippen molar-refractivity contribution in [1.82, 2.24) is 4.98 Å². The number of aromatic nitrogens is 1. The van der Waals surface area contributed by atoms with Crippen molar-refractivity contribution >= 4 is 23.3 Å². The topological polar surface area (TPSA) is 80.0 Å². The van der Waals surface area contributed by atoms with Gasteiger partial charge in [-0.15, -0.1) is 0 Å². The van der Waals surface area contributed by atoms with Crippen LogP contribution in [0.2, 0.25) is 0 Å². The van der Waals surface area contributed by atoms with Crippen LogP contribution in [0.3, 0.4) is 0 Å². The average Bonchev–Trinajstić information content (AvgIpc) is 3.17. The number of carbonyl (C=O) groups excluding carboxylic acids is 2. The Hall–Kier alpha value is -4.21. The predicted molar refractivity (Wildman–Crippen MR) is 130 cm³/mol. The molecule has 0 fully saturated rings. The van der Waals surface area contributed by atoms with E-state index in [1.165, 1.54) is 11.8 Å². The van der Waals surface area contributed by atoms with Crippen molar-refractivity contribution in [2.45, 2.75) is 16.8 Å². The lowest BCUT2D eigenvalue weighted by molar-refractivity contribution is 0.100. The first-order valence-electron chi connectivity index (χ1n) is 10.6. The maximum Gasteiger partial charge on any atom is 0.212 e. The van der Waals surface area contributed by atoms with Gasteiger partial charge in [-0.2, -0.15) is 5.26 Å². The van der Waals surface area contributed by atoms with Gasteiger partial charge in [0.15, 0.2) is 5.78 Å². The first-order chi connectivity index (χ1) is 16.5. The lowest BCUT2D eigenvalue weighted by Crippen LogP contribution is -2.13. The van der Waals surface area contributed by atoms with Gasteiger partial charge in [-0.3, -0.25) is 9.59 Å². The third-order valence-electron chi connectivity index (χ3n) is 5.75. The van der Waals surface area contributed by atoms with Gasteiger partial charge in [-0.1, -0.05) is 53.7 Å². The second-order valence-electron chi connectivity index (χ2n) is 7.85. The van der Waals surface area contributed by atoms with Gasteiger partial charge in [0.25, 0.3) is 0 Å². The zero-order valence-electron chi connectivity index (χ0n) is 18.5. The van der Waals surface area contributed by atoms with Gasteiger partial charge in [0, 0.05) is 21.6 Å². The van der Waals surface area contributed by atoms with Crippen LogP contribution in [0.15, 0.2) is 82.7 Å². The lowest BCUT2D eigenvalue weighted by Gasteiger charge is -2.13. The summed E-state index contributed by atoms with van der Waals surface area (Å²) < 4.78 is 5.19. The van der Waals surface area contributed by atoms with Gasteiger partial charge in [0.1, 0.15) is 22.5 Å². The van der Waals surface area contributed by atoms with Crippen molar-refractivity contribution in [2.24, 2.45) is 0 Å².